The number of aryl methyl sites for hydroxylation is 1. The van der Waals surface area contributed by atoms with Crippen molar-refractivity contribution in [2.24, 2.45) is 0 Å². The number of anilines is 1. The van der Waals surface area contributed by atoms with E-state index in [1.807, 2.05) is 25.1 Å². The number of ether oxygens (including phenoxy) is 1. The van der Waals surface area contributed by atoms with Crippen molar-refractivity contribution in [1.29, 1.82) is 0 Å². The fraction of sp³-hybridized carbons (Fsp3) is 0.235. The molecule has 2 rings (SSSR count). The van der Waals surface area contributed by atoms with Crippen molar-refractivity contribution >= 4 is 58.9 Å². The van der Waals surface area contributed by atoms with Gasteiger partial charge in [0.05, 0.1) is 10.7 Å². The summed E-state index contributed by atoms with van der Waals surface area (Å²) in [6, 6.07) is 8.80. The van der Waals surface area contributed by atoms with Crippen LogP contribution in [0.3, 0.4) is 0 Å². The SMILES string of the molecule is Cc1ccc(C(C)C)cc1OC(=S)Nc1cc(B(O)O)c(Cl)cc1Cl. The molecule has 0 aromatic heterocycles. The molecular formula is C17H18BCl2NO3S. The molecule has 0 fully saturated rings. The molecule has 0 spiro atoms. The Labute approximate surface area is 162 Å². The van der Waals surface area contributed by atoms with Crippen molar-refractivity contribution < 1.29 is 14.8 Å². The molecule has 0 saturated heterocycles. The zero-order valence-corrected chi connectivity index (χ0v) is 16.3. The van der Waals surface area contributed by atoms with Crippen LogP contribution >= 0.6 is 35.4 Å². The van der Waals surface area contributed by atoms with E-state index in [4.69, 9.17) is 40.2 Å². The van der Waals surface area contributed by atoms with Crippen LogP contribution in [-0.4, -0.2) is 22.3 Å². The van der Waals surface area contributed by atoms with E-state index in [1.54, 1.807) is 0 Å². The molecule has 0 amide bonds. The molecule has 25 heavy (non-hydrogen) atoms. The summed E-state index contributed by atoms with van der Waals surface area (Å²) in [4.78, 5) is 0. The van der Waals surface area contributed by atoms with Crippen molar-refractivity contribution in [1.82, 2.24) is 0 Å². The molecule has 0 bridgehead atoms. The summed E-state index contributed by atoms with van der Waals surface area (Å²) in [5, 5.41) is 22.1. The topological polar surface area (TPSA) is 61.7 Å². The number of hydrogen-bond donors (Lipinski definition) is 3. The highest BCUT2D eigenvalue weighted by Crippen LogP contribution is 2.27. The molecule has 0 radical (unpaired) electrons. The van der Waals surface area contributed by atoms with Crippen LogP contribution in [0, 0.1) is 6.92 Å². The maximum absolute atomic E-state index is 9.34. The second-order valence-corrected chi connectivity index (χ2v) is 7.11. The molecule has 0 heterocycles. The van der Waals surface area contributed by atoms with Gasteiger partial charge in [0.1, 0.15) is 5.75 Å². The molecule has 0 unspecified atom stereocenters. The van der Waals surface area contributed by atoms with E-state index >= 15 is 0 Å². The molecule has 2 aromatic rings. The van der Waals surface area contributed by atoms with Crippen LogP contribution in [0.4, 0.5) is 5.69 Å². The molecule has 0 atom stereocenters. The average molecular weight is 398 g/mol. The van der Waals surface area contributed by atoms with Gasteiger partial charge in [-0.25, -0.2) is 0 Å². The molecule has 132 valence electrons. The van der Waals surface area contributed by atoms with E-state index in [0.717, 1.165) is 11.1 Å². The van der Waals surface area contributed by atoms with Gasteiger partial charge >= 0.3 is 7.12 Å². The van der Waals surface area contributed by atoms with E-state index in [2.05, 4.69) is 19.2 Å². The highest BCUT2D eigenvalue weighted by Gasteiger charge is 2.18. The van der Waals surface area contributed by atoms with Crippen LogP contribution in [0.2, 0.25) is 10.0 Å². The zero-order chi connectivity index (χ0) is 18.7. The quantitative estimate of drug-likeness (QED) is 0.539. The van der Waals surface area contributed by atoms with E-state index in [9.17, 15) is 10.0 Å². The van der Waals surface area contributed by atoms with E-state index in [0.29, 0.717) is 17.4 Å². The Morgan fingerprint density at radius 1 is 1.16 bits per heavy atom. The number of hydrogen-bond acceptors (Lipinski definition) is 4. The Morgan fingerprint density at radius 2 is 1.84 bits per heavy atom. The molecule has 0 saturated carbocycles. The number of benzene rings is 2. The van der Waals surface area contributed by atoms with Crippen LogP contribution in [0.1, 0.15) is 30.9 Å². The van der Waals surface area contributed by atoms with Crippen molar-refractivity contribution in [2.45, 2.75) is 26.7 Å². The first kappa shape index (κ1) is 20.0. The predicted molar refractivity (Wildman–Crippen MR) is 108 cm³/mol. The fourth-order valence-corrected chi connectivity index (χ4v) is 2.91. The Morgan fingerprint density at radius 3 is 2.44 bits per heavy atom. The number of nitrogens with one attached hydrogen (secondary N) is 1. The summed E-state index contributed by atoms with van der Waals surface area (Å²) in [6.45, 7) is 6.12. The Bertz CT molecular complexity index is 800. The molecule has 2 aromatic carbocycles. The average Bonchev–Trinajstić information content (AvgIpc) is 2.51. The highest BCUT2D eigenvalue weighted by molar-refractivity contribution is 7.80. The normalized spacial score (nSPS) is 10.7. The van der Waals surface area contributed by atoms with Gasteiger partial charge in [-0.1, -0.05) is 49.2 Å². The third-order valence-corrected chi connectivity index (χ3v) is 4.51. The van der Waals surface area contributed by atoms with Gasteiger partial charge in [-0.3, -0.25) is 0 Å². The van der Waals surface area contributed by atoms with Crippen LogP contribution in [-0.2, 0) is 0 Å². The van der Waals surface area contributed by atoms with Gasteiger partial charge in [0.2, 0.25) is 0 Å². The summed E-state index contributed by atoms with van der Waals surface area (Å²) in [5.41, 5.74) is 2.58. The van der Waals surface area contributed by atoms with Gasteiger partial charge in [0, 0.05) is 10.5 Å². The lowest BCUT2D eigenvalue weighted by atomic mass is 9.80. The minimum absolute atomic E-state index is 0.0895. The minimum Gasteiger partial charge on any atom is -0.431 e. The van der Waals surface area contributed by atoms with Crippen LogP contribution in [0.15, 0.2) is 30.3 Å². The molecule has 3 N–H and O–H groups in total. The van der Waals surface area contributed by atoms with Gasteiger partial charge in [0.15, 0.2) is 0 Å². The lowest BCUT2D eigenvalue weighted by Crippen LogP contribution is -2.31. The summed E-state index contributed by atoms with van der Waals surface area (Å²) in [5.74, 6) is 1.01. The first-order chi connectivity index (χ1) is 11.7. The van der Waals surface area contributed by atoms with Crippen molar-refractivity contribution in [3.05, 3.63) is 51.5 Å². The molecule has 0 aliphatic carbocycles. The van der Waals surface area contributed by atoms with Gasteiger partial charge in [-0.05, 0) is 54.4 Å². The Balaban J connectivity index is 2.21. The largest absolute Gasteiger partial charge is 0.490 e. The molecule has 4 nitrogen and oxygen atoms in total. The van der Waals surface area contributed by atoms with Crippen LogP contribution < -0.4 is 15.5 Å². The van der Waals surface area contributed by atoms with Gasteiger partial charge < -0.3 is 20.1 Å². The summed E-state index contributed by atoms with van der Waals surface area (Å²) in [6.07, 6.45) is 0. The predicted octanol–water partition coefficient (Wildman–Crippen LogP) is 3.88. The van der Waals surface area contributed by atoms with Crippen molar-refractivity contribution in [3.63, 3.8) is 0 Å². The summed E-state index contributed by atoms with van der Waals surface area (Å²) >= 11 is 17.3. The molecular weight excluding hydrogens is 380 g/mol. The number of halogens is 2. The highest BCUT2D eigenvalue weighted by atomic mass is 35.5. The van der Waals surface area contributed by atoms with Crippen molar-refractivity contribution in [3.8, 4) is 5.75 Å². The Hall–Kier alpha value is -1.31. The smallest absolute Gasteiger partial charge is 0.431 e. The maximum Gasteiger partial charge on any atom is 0.490 e. The third kappa shape index (κ3) is 5.09. The molecule has 8 heteroatoms. The van der Waals surface area contributed by atoms with Crippen LogP contribution in [0.25, 0.3) is 0 Å². The van der Waals surface area contributed by atoms with E-state index < -0.39 is 7.12 Å². The zero-order valence-electron chi connectivity index (χ0n) is 14.0. The molecule has 0 aliphatic rings. The van der Waals surface area contributed by atoms with E-state index in [1.165, 1.54) is 12.1 Å². The standard InChI is InChI=1S/C17H18BCl2NO3S/c1-9(2)11-5-4-10(3)16(6-11)24-17(25)21-15-7-12(18(22)23)13(19)8-14(15)20/h4-9,22-23H,1-3H3,(H,21,25). The lowest BCUT2D eigenvalue weighted by molar-refractivity contribution is 0.426. The number of rotatable bonds is 4. The van der Waals surface area contributed by atoms with Gasteiger partial charge in [-0.2, -0.15) is 0 Å². The van der Waals surface area contributed by atoms with Crippen molar-refractivity contribution in [2.75, 3.05) is 5.32 Å². The number of thiocarbonyl (C=S) groups is 1. The van der Waals surface area contributed by atoms with Gasteiger partial charge in [-0.15, -0.1) is 0 Å². The maximum atomic E-state index is 9.34. The lowest BCUT2D eigenvalue weighted by Gasteiger charge is -2.15. The summed E-state index contributed by atoms with van der Waals surface area (Å²) in [7, 11) is -1.72. The van der Waals surface area contributed by atoms with Gasteiger partial charge in [0.25, 0.3) is 5.17 Å². The Kier molecular flexibility index (Phi) is 6.71. The fourth-order valence-electron chi connectivity index (χ4n) is 2.18. The second-order valence-electron chi connectivity index (χ2n) is 5.92. The van der Waals surface area contributed by atoms with Crippen LogP contribution in [0.5, 0.6) is 5.75 Å². The monoisotopic (exact) mass is 397 g/mol. The second kappa shape index (κ2) is 8.38. The molecule has 0 aliphatic heterocycles. The van der Waals surface area contributed by atoms with E-state index in [-0.39, 0.29) is 20.7 Å². The first-order valence-corrected chi connectivity index (χ1v) is 8.80. The third-order valence-electron chi connectivity index (χ3n) is 3.68. The minimum atomic E-state index is -1.72. The summed E-state index contributed by atoms with van der Waals surface area (Å²) < 4.78 is 5.73. The first-order valence-electron chi connectivity index (χ1n) is 7.63.